The molecule has 0 aromatic heterocycles. The molecule has 35 heavy (non-hydrogen) atoms. The number of carbonyl (C=O) groups is 2. The smallest absolute Gasteiger partial charge is 0.336 e. The predicted octanol–water partition coefficient (Wildman–Crippen LogP) is 3.60. The first-order valence-electron chi connectivity index (χ1n) is 11.2. The number of hydrogen-bond donors (Lipinski definition) is 2. The normalized spacial score (nSPS) is 16.0. The van der Waals surface area contributed by atoms with E-state index in [-0.39, 0.29) is 19.8 Å². The maximum Gasteiger partial charge on any atom is 0.336 e. The molecular weight excluding hydrogens is 451 g/mol. The van der Waals surface area contributed by atoms with Crippen molar-refractivity contribution in [3.63, 3.8) is 0 Å². The summed E-state index contributed by atoms with van der Waals surface area (Å²) in [5, 5.41) is 6.31. The maximum absolute atomic E-state index is 13.2. The first-order chi connectivity index (χ1) is 17.1. The second-order valence-corrected chi connectivity index (χ2v) is 7.61. The topological polar surface area (TPSA) is 92.3 Å². The number of benzene rings is 2. The molecule has 2 N–H and O–H groups in total. The summed E-state index contributed by atoms with van der Waals surface area (Å²) in [4.78, 5) is 35.1. The Morgan fingerprint density at radius 3 is 2.37 bits per heavy atom. The standard InChI is InChI=1S/C26H29FN4O4/c1-4-34-26(33)21-18(2)30-25(31(17-32)20-13-9-6-10-14-20)23(24(28-3)29-15-16-35-27)22(21)19-11-7-5-8-12-19/h5-14,17,22,30H,4,15-16H2,1-3H3,(H,28,29). The number of nitrogens with zero attached hydrogens (tertiary/aromatic N) is 2. The zero-order chi connectivity index (χ0) is 25.2. The van der Waals surface area contributed by atoms with Gasteiger partial charge in [0.1, 0.15) is 18.3 Å². The van der Waals surface area contributed by atoms with Crippen LogP contribution in [-0.2, 0) is 19.3 Å². The number of carbonyl (C=O) groups excluding carboxylic acids is 2. The van der Waals surface area contributed by atoms with E-state index in [4.69, 9.17) is 4.74 Å². The van der Waals surface area contributed by atoms with E-state index < -0.39 is 11.9 Å². The van der Waals surface area contributed by atoms with E-state index in [1.807, 2.05) is 48.5 Å². The van der Waals surface area contributed by atoms with Gasteiger partial charge in [0, 0.05) is 24.9 Å². The van der Waals surface area contributed by atoms with Gasteiger partial charge in [-0.2, -0.15) is 4.94 Å². The third kappa shape index (κ3) is 5.75. The van der Waals surface area contributed by atoms with Crippen LogP contribution in [0.15, 0.2) is 88.3 Å². The van der Waals surface area contributed by atoms with Crippen LogP contribution in [0, 0.1) is 0 Å². The average Bonchev–Trinajstić information content (AvgIpc) is 2.88. The number of ether oxygens (including phenoxy) is 1. The SMILES string of the molecule is CCOC(=O)C1=C(C)NC(N(C=O)c2ccccc2)=C(C(=NC)NCCOF)C1c1ccccc1. The summed E-state index contributed by atoms with van der Waals surface area (Å²) in [5.41, 5.74) is 2.88. The molecule has 1 amide bonds. The fraction of sp³-hybridized carbons (Fsp3) is 0.269. The summed E-state index contributed by atoms with van der Waals surface area (Å²) in [6, 6.07) is 18.5. The second kappa shape index (κ2) is 12.5. The van der Waals surface area contributed by atoms with Crippen molar-refractivity contribution in [2.24, 2.45) is 4.99 Å². The van der Waals surface area contributed by atoms with Crippen LogP contribution in [0.1, 0.15) is 25.3 Å². The highest BCUT2D eigenvalue weighted by molar-refractivity contribution is 6.06. The minimum absolute atomic E-state index is 0.116. The summed E-state index contributed by atoms with van der Waals surface area (Å²) in [5.74, 6) is -0.326. The van der Waals surface area contributed by atoms with E-state index in [0.29, 0.717) is 40.6 Å². The number of rotatable bonds is 10. The lowest BCUT2D eigenvalue weighted by Crippen LogP contribution is -2.43. The molecule has 0 bridgehead atoms. The number of anilines is 1. The lowest BCUT2D eigenvalue weighted by molar-refractivity contribution is -0.138. The molecule has 0 radical (unpaired) electrons. The monoisotopic (exact) mass is 480 g/mol. The lowest BCUT2D eigenvalue weighted by atomic mass is 9.80. The van der Waals surface area contributed by atoms with Crippen LogP contribution >= 0.6 is 0 Å². The van der Waals surface area contributed by atoms with Crippen molar-refractivity contribution in [2.75, 3.05) is 31.7 Å². The quantitative estimate of drug-likeness (QED) is 0.178. The Balaban J connectivity index is 2.30. The summed E-state index contributed by atoms with van der Waals surface area (Å²) >= 11 is 0. The molecule has 0 saturated carbocycles. The van der Waals surface area contributed by atoms with Gasteiger partial charge >= 0.3 is 5.97 Å². The summed E-state index contributed by atoms with van der Waals surface area (Å²) < 4.78 is 17.8. The molecule has 0 spiro atoms. The van der Waals surface area contributed by atoms with Gasteiger partial charge in [0.2, 0.25) is 6.41 Å². The largest absolute Gasteiger partial charge is 0.463 e. The van der Waals surface area contributed by atoms with Crippen LogP contribution in [0.25, 0.3) is 0 Å². The molecule has 2 aromatic carbocycles. The fourth-order valence-corrected chi connectivity index (χ4v) is 4.04. The van der Waals surface area contributed by atoms with E-state index in [9.17, 15) is 14.1 Å². The number of amidine groups is 1. The van der Waals surface area contributed by atoms with Crippen molar-refractivity contribution in [1.29, 1.82) is 0 Å². The van der Waals surface area contributed by atoms with Crippen molar-refractivity contribution in [3.8, 4) is 0 Å². The van der Waals surface area contributed by atoms with Gasteiger partial charge in [-0.1, -0.05) is 48.5 Å². The Bertz CT molecular complexity index is 1120. The van der Waals surface area contributed by atoms with Crippen molar-refractivity contribution in [1.82, 2.24) is 10.6 Å². The molecule has 1 aliphatic heterocycles. The van der Waals surface area contributed by atoms with Crippen LogP contribution in [0.3, 0.4) is 0 Å². The van der Waals surface area contributed by atoms with Gasteiger partial charge in [-0.3, -0.25) is 14.7 Å². The number of hydrogen-bond acceptors (Lipinski definition) is 6. The van der Waals surface area contributed by atoms with E-state index in [1.165, 1.54) is 4.90 Å². The van der Waals surface area contributed by atoms with Crippen molar-refractivity contribution in [2.45, 2.75) is 19.8 Å². The zero-order valence-corrected chi connectivity index (χ0v) is 20.0. The van der Waals surface area contributed by atoms with Crippen molar-refractivity contribution >= 4 is 23.9 Å². The molecule has 9 heteroatoms. The number of para-hydroxylation sites is 1. The molecule has 1 unspecified atom stereocenters. The molecule has 0 aliphatic carbocycles. The number of aliphatic imine (C=N–C) groups is 1. The number of nitrogens with one attached hydrogen (secondary N) is 2. The van der Waals surface area contributed by atoms with Gasteiger partial charge < -0.3 is 15.4 Å². The molecular formula is C26H29FN4O4. The van der Waals surface area contributed by atoms with Crippen molar-refractivity contribution in [3.05, 3.63) is 88.9 Å². The molecule has 1 heterocycles. The van der Waals surface area contributed by atoms with E-state index >= 15 is 0 Å². The Morgan fingerprint density at radius 1 is 1.14 bits per heavy atom. The van der Waals surface area contributed by atoms with Crippen LogP contribution in [0.4, 0.5) is 10.2 Å². The first kappa shape index (κ1) is 25.6. The number of halogens is 1. The first-order valence-corrected chi connectivity index (χ1v) is 11.2. The number of dihydropyridines is 1. The minimum atomic E-state index is -0.629. The molecule has 184 valence electrons. The Kier molecular flexibility index (Phi) is 9.14. The molecule has 1 atom stereocenters. The lowest BCUT2D eigenvalue weighted by Gasteiger charge is -2.36. The van der Waals surface area contributed by atoms with Gasteiger partial charge in [0.25, 0.3) is 0 Å². The molecule has 1 aliphatic rings. The number of esters is 1. The van der Waals surface area contributed by atoms with Crippen LogP contribution in [0.2, 0.25) is 0 Å². The van der Waals surface area contributed by atoms with Crippen LogP contribution in [-0.4, -0.2) is 45.0 Å². The van der Waals surface area contributed by atoms with Gasteiger partial charge in [0.15, 0.2) is 0 Å². The molecule has 2 aromatic rings. The van der Waals surface area contributed by atoms with Gasteiger partial charge in [0.05, 0.1) is 23.8 Å². The van der Waals surface area contributed by atoms with Crippen molar-refractivity contribution < 1.29 is 23.8 Å². The van der Waals surface area contributed by atoms with E-state index in [0.717, 1.165) is 5.56 Å². The Hall–Kier alpha value is -3.98. The highest BCUT2D eigenvalue weighted by atomic mass is 19.3. The van der Waals surface area contributed by atoms with Crippen LogP contribution in [0.5, 0.6) is 0 Å². The second-order valence-electron chi connectivity index (χ2n) is 7.61. The van der Waals surface area contributed by atoms with Crippen LogP contribution < -0.4 is 15.5 Å². The van der Waals surface area contributed by atoms with Gasteiger partial charge in [-0.05, 0) is 36.1 Å². The fourth-order valence-electron chi connectivity index (χ4n) is 4.04. The zero-order valence-electron chi connectivity index (χ0n) is 20.0. The molecule has 8 nitrogen and oxygen atoms in total. The average molecular weight is 481 g/mol. The van der Waals surface area contributed by atoms with Gasteiger partial charge in [-0.15, -0.1) is 0 Å². The highest BCUT2D eigenvalue weighted by Crippen LogP contribution is 2.40. The number of amides is 1. The molecule has 0 fully saturated rings. The van der Waals surface area contributed by atoms with E-state index in [2.05, 4.69) is 20.6 Å². The Morgan fingerprint density at radius 2 is 1.80 bits per heavy atom. The predicted molar refractivity (Wildman–Crippen MR) is 132 cm³/mol. The highest BCUT2D eigenvalue weighted by Gasteiger charge is 2.39. The van der Waals surface area contributed by atoms with Gasteiger partial charge in [-0.25, -0.2) is 4.79 Å². The maximum atomic E-state index is 13.2. The summed E-state index contributed by atoms with van der Waals surface area (Å²) in [6.07, 6.45) is 0.695. The number of allylic oxidation sites excluding steroid dienone is 1. The van der Waals surface area contributed by atoms with E-state index in [1.54, 1.807) is 33.0 Å². The minimum Gasteiger partial charge on any atom is -0.463 e. The summed E-state index contributed by atoms with van der Waals surface area (Å²) in [6.45, 7) is 3.62. The molecule has 3 rings (SSSR count). The third-order valence-corrected chi connectivity index (χ3v) is 5.50. The third-order valence-electron chi connectivity index (χ3n) is 5.50. The summed E-state index contributed by atoms with van der Waals surface area (Å²) in [7, 11) is 1.58. The Labute approximate surface area is 204 Å². The molecule has 0 saturated heterocycles.